The molecule has 2 rings (SSSR count). The van der Waals surface area contributed by atoms with Gasteiger partial charge in [0.15, 0.2) is 24.8 Å². The lowest BCUT2D eigenvalue weighted by Crippen LogP contribution is -2.68. The molecule has 2 saturated heterocycles. The van der Waals surface area contributed by atoms with Gasteiger partial charge < -0.3 is 79.1 Å². The molecule has 13 atom stereocenters. The molecule has 10 N–H and O–H groups in total. The highest BCUT2D eigenvalue weighted by molar-refractivity contribution is 7.46. The van der Waals surface area contributed by atoms with Gasteiger partial charge in [0, 0.05) is 12.8 Å². The number of aliphatic hydroxyl groups is 4. The molecule has 2 aliphatic heterocycles. The number of nitrogens with one attached hydrogen (secondary N) is 2. The third-order valence-corrected chi connectivity index (χ3v) is 23.4. The summed E-state index contributed by atoms with van der Waals surface area (Å²) in [6, 6.07) is -3.77. The fourth-order valence-electron chi connectivity index (χ4n) is 15.7. The zero-order chi connectivity index (χ0) is 83.9. The number of hydrogen-bond acceptors (Lipinski definition) is 19. The second-order valence-electron chi connectivity index (χ2n) is 33.2. The standard InChI is InChI=1S/C87H166N2O23P2/c1-7-13-19-25-31-35-41-47-53-59-70(91)64-75(93)88-81-85(110-79(97)65-71(92)60-54-48-42-36-32-26-20-14-8-2)83(111-113(99,100)101)74(108-87(81)112-114(102,103)104)68-105-86-80(89-76(94)66-72(61-55-49-43-37-33-27-21-15-9-3)106-77(95)62-56-50-44-38-34-28-22-16-10-4)84(82(98)73(67-90)107-86)109-78(96)63-69(57-51-45-39-29-23-17-11-5)58-52-46-40-30-24-18-12-6/h69-74,80-87,90-92,98H,7-68H2,1-6H3,(H,88,93)(H,89,94)(H2,99,100,101)(H2,102,103,104)/t70-,71-,72-,73-,74-,80-,81-,82-,83-,84-,85-,86-,87-/m1/s1. The Balaban J connectivity index is 2.82. The first kappa shape index (κ1) is 107. The summed E-state index contributed by atoms with van der Waals surface area (Å²) in [7, 11) is -11.5. The molecule has 0 bridgehead atoms. The number of hydrogen-bond donors (Lipinski definition) is 10. The van der Waals surface area contributed by atoms with E-state index in [0.29, 0.717) is 32.1 Å². The summed E-state index contributed by atoms with van der Waals surface area (Å²) in [4.78, 5) is 115. The van der Waals surface area contributed by atoms with Crippen LogP contribution in [-0.4, -0.2) is 163 Å². The summed E-state index contributed by atoms with van der Waals surface area (Å²) in [5.74, 6) is -4.23. The van der Waals surface area contributed by atoms with Gasteiger partial charge in [-0.25, -0.2) is 9.13 Å². The number of esters is 3. The number of ether oxygens (including phenoxy) is 6. The molecule has 25 nitrogen and oxygen atoms in total. The van der Waals surface area contributed by atoms with Gasteiger partial charge in [0.2, 0.25) is 11.8 Å². The van der Waals surface area contributed by atoms with Gasteiger partial charge in [-0.05, 0) is 50.9 Å². The van der Waals surface area contributed by atoms with Gasteiger partial charge in [-0.15, -0.1) is 0 Å². The number of aliphatic hydroxyl groups excluding tert-OH is 4. The van der Waals surface area contributed by atoms with E-state index >= 15 is 4.79 Å². The van der Waals surface area contributed by atoms with Crippen LogP contribution in [0.4, 0.5) is 0 Å². The minimum Gasteiger partial charge on any atom is -0.462 e. The van der Waals surface area contributed by atoms with Crippen molar-refractivity contribution in [1.82, 2.24) is 10.6 Å². The van der Waals surface area contributed by atoms with Crippen molar-refractivity contribution in [3.05, 3.63) is 0 Å². The van der Waals surface area contributed by atoms with Crippen LogP contribution in [0.5, 0.6) is 0 Å². The van der Waals surface area contributed by atoms with E-state index in [9.17, 15) is 68.3 Å². The molecule has 0 aliphatic carbocycles. The maximum atomic E-state index is 15.0. The van der Waals surface area contributed by atoms with Crippen molar-refractivity contribution >= 4 is 45.4 Å². The summed E-state index contributed by atoms with van der Waals surface area (Å²) in [6.45, 7) is 11.1. The van der Waals surface area contributed by atoms with Crippen LogP contribution in [0.2, 0.25) is 0 Å². The van der Waals surface area contributed by atoms with Gasteiger partial charge in [-0.2, -0.15) is 0 Å². The van der Waals surface area contributed by atoms with Crippen LogP contribution < -0.4 is 10.6 Å². The molecule has 0 radical (unpaired) electrons. The normalized spacial score (nSPS) is 20.9. The minimum atomic E-state index is -5.79. The Bertz CT molecular complexity index is 2460. The first-order valence-electron chi connectivity index (χ1n) is 46.1. The molecule has 0 aromatic heterocycles. The molecule has 2 fully saturated rings. The molecule has 672 valence electrons. The van der Waals surface area contributed by atoms with E-state index in [1.807, 2.05) is 0 Å². The molecule has 2 amide bonds. The lowest BCUT2D eigenvalue weighted by molar-refractivity contribution is -0.297. The fourth-order valence-corrected chi connectivity index (χ4v) is 16.7. The molecule has 0 saturated carbocycles. The number of rotatable bonds is 77. The van der Waals surface area contributed by atoms with E-state index in [2.05, 4.69) is 52.2 Å². The van der Waals surface area contributed by atoms with E-state index in [-0.39, 0.29) is 31.6 Å². The highest BCUT2D eigenvalue weighted by atomic mass is 31.2. The molecule has 114 heavy (non-hydrogen) atoms. The summed E-state index contributed by atoms with van der Waals surface area (Å²) in [5, 5.41) is 51.1. The van der Waals surface area contributed by atoms with Crippen LogP contribution in [-0.2, 0) is 70.6 Å². The van der Waals surface area contributed by atoms with E-state index in [0.717, 1.165) is 263 Å². The summed E-state index contributed by atoms with van der Waals surface area (Å²) >= 11 is 0. The molecule has 2 heterocycles. The predicted octanol–water partition coefficient (Wildman–Crippen LogP) is 19.0. The smallest absolute Gasteiger partial charge is 0.462 e. The van der Waals surface area contributed by atoms with Gasteiger partial charge in [0.1, 0.15) is 42.6 Å². The number of phosphoric acid groups is 2. The first-order chi connectivity index (χ1) is 54.9. The molecule has 27 heteroatoms. The van der Waals surface area contributed by atoms with Gasteiger partial charge in [0.25, 0.3) is 0 Å². The zero-order valence-corrected chi connectivity index (χ0v) is 73.8. The maximum absolute atomic E-state index is 15.0. The topological polar surface area (TPSA) is 379 Å². The highest BCUT2D eigenvalue weighted by Gasteiger charge is 2.55. The van der Waals surface area contributed by atoms with Crippen LogP contribution in [0.1, 0.15) is 427 Å². The Morgan fingerprint density at radius 3 is 1.11 bits per heavy atom. The summed E-state index contributed by atoms with van der Waals surface area (Å²) in [6.07, 6.45) is 32.1. The second kappa shape index (κ2) is 68.9. The van der Waals surface area contributed by atoms with E-state index in [1.165, 1.54) is 44.9 Å². The molecule has 2 aliphatic rings. The lowest BCUT2D eigenvalue weighted by Gasteiger charge is -2.47. The first-order valence-corrected chi connectivity index (χ1v) is 49.2. The Morgan fingerprint density at radius 1 is 0.368 bits per heavy atom. The summed E-state index contributed by atoms with van der Waals surface area (Å²) < 4.78 is 74.3. The van der Waals surface area contributed by atoms with Crippen molar-refractivity contribution in [1.29, 1.82) is 0 Å². The van der Waals surface area contributed by atoms with Crippen LogP contribution in [0, 0.1) is 5.92 Å². The second-order valence-corrected chi connectivity index (χ2v) is 35.6. The molecular weight excluding hydrogens is 1500 g/mol. The predicted molar refractivity (Wildman–Crippen MR) is 446 cm³/mol. The molecule has 0 aromatic rings. The van der Waals surface area contributed by atoms with Crippen molar-refractivity contribution in [2.75, 3.05) is 13.2 Å². The Kier molecular flexibility index (Phi) is 64.9. The Hall–Kier alpha value is -2.71. The zero-order valence-electron chi connectivity index (χ0n) is 72.0. The van der Waals surface area contributed by atoms with Crippen molar-refractivity contribution in [3.8, 4) is 0 Å². The highest BCUT2D eigenvalue weighted by Crippen LogP contribution is 2.46. The fraction of sp³-hybridized carbons (Fsp3) is 0.943. The third kappa shape index (κ3) is 55.3. The van der Waals surface area contributed by atoms with Gasteiger partial charge >= 0.3 is 33.6 Å². The lowest BCUT2D eigenvalue weighted by atomic mass is 9.91. The van der Waals surface area contributed by atoms with E-state index in [4.69, 9.17) is 37.5 Å². The summed E-state index contributed by atoms with van der Waals surface area (Å²) in [5.41, 5.74) is 0. The van der Waals surface area contributed by atoms with Crippen molar-refractivity contribution in [3.63, 3.8) is 0 Å². The Morgan fingerprint density at radius 2 is 0.702 bits per heavy atom. The van der Waals surface area contributed by atoms with Gasteiger partial charge in [-0.3, -0.25) is 33.0 Å². The average molecular weight is 1670 g/mol. The van der Waals surface area contributed by atoms with Gasteiger partial charge in [-0.1, -0.05) is 350 Å². The van der Waals surface area contributed by atoms with Crippen LogP contribution in [0.25, 0.3) is 0 Å². The maximum Gasteiger partial charge on any atom is 0.472 e. The minimum absolute atomic E-state index is 0.0634. The van der Waals surface area contributed by atoms with Crippen molar-refractivity contribution in [2.24, 2.45) is 5.92 Å². The quantitative estimate of drug-likeness (QED) is 0.0117. The van der Waals surface area contributed by atoms with Gasteiger partial charge in [0.05, 0.1) is 44.7 Å². The van der Waals surface area contributed by atoms with Crippen molar-refractivity contribution in [2.45, 2.75) is 506 Å². The molecule has 0 aromatic carbocycles. The number of carbonyl (C=O) groups excluding carboxylic acids is 5. The monoisotopic (exact) mass is 1670 g/mol. The number of unbranched alkanes of at least 4 members (excludes halogenated alkanes) is 44. The molecular formula is C87H166N2O23P2. The number of carbonyl (C=O) groups is 5. The Labute approximate surface area is 688 Å². The van der Waals surface area contributed by atoms with Crippen LogP contribution in [0.3, 0.4) is 0 Å². The molecule has 0 spiro atoms. The average Bonchev–Trinajstić information content (AvgIpc) is 0.775. The molecule has 0 unspecified atom stereocenters. The number of phosphoric ester groups is 2. The largest absolute Gasteiger partial charge is 0.472 e. The van der Waals surface area contributed by atoms with E-state index < -0.39 is 157 Å². The van der Waals surface area contributed by atoms with E-state index in [1.54, 1.807) is 0 Å². The van der Waals surface area contributed by atoms with Crippen LogP contribution >= 0.6 is 15.6 Å². The van der Waals surface area contributed by atoms with Crippen LogP contribution in [0.15, 0.2) is 0 Å². The van der Waals surface area contributed by atoms with Crippen molar-refractivity contribution < 1.29 is 111 Å². The third-order valence-electron chi connectivity index (χ3n) is 22.4. The number of amides is 2. The SMILES string of the molecule is CCCCCCCCCCCC(=O)O[C@H](CCCCCCCCCCC)CC(=O)N[C@H]1[C@H](OC[C@H]2O[C@H](OP(=O)(O)O)[C@H](NC(=O)C[C@H](O)CCCCCCCCCCC)[C@@H](OC(=O)C[C@H](O)CCCCCCCCCCC)[C@@H]2OP(=O)(O)O)O[C@H](CO)[C@@H](O)[C@@H]1OC(=O)CC(CCCCCCCCC)CCCCCCCCC.